The number of ether oxygens (including phenoxy) is 1. The van der Waals surface area contributed by atoms with Gasteiger partial charge in [-0.1, -0.05) is 5.92 Å². The summed E-state index contributed by atoms with van der Waals surface area (Å²) in [5.74, 6) is 2.68. The molecule has 0 saturated carbocycles. The van der Waals surface area contributed by atoms with E-state index in [0.29, 0.717) is 11.6 Å². The molecule has 0 aliphatic rings. The molecule has 0 bridgehead atoms. The summed E-state index contributed by atoms with van der Waals surface area (Å²) in [6.07, 6.45) is 6.98. The fourth-order valence-corrected chi connectivity index (χ4v) is 2.44. The Labute approximate surface area is 145 Å². The Hall–Kier alpha value is -3.33. The van der Waals surface area contributed by atoms with Gasteiger partial charge in [0.25, 0.3) is 0 Å². The van der Waals surface area contributed by atoms with Gasteiger partial charge in [0.15, 0.2) is 0 Å². The number of hydrogen-bond acceptors (Lipinski definition) is 4. The van der Waals surface area contributed by atoms with Gasteiger partial charge in [-0.05, 0) is 38.1 Å². The molecule has 126 valence electrons. The van der Waals surface area contributed by atoms with E-state index in [0.717, 1.165) is 22.2 Å². The van der Waals surface area contributed by atoms with Crippen molar-refractivity contribution in [2.45, 2.75) is 26.4 Å². The van der Waals surface area contributed by atoms with Gasteiger partial charge in [0.1, 0.15) is 5.69 Å². The SMILES string of the molecule is C#CCC(=O)Nc1ccc2[nH]nc(-c3ccc(OC(C)C)nc3)c2c1. The number of anilines is 1. The number of nitrogens with zero attached hydrogens (tertiary/aromatic N) is 2. The Morgan fingerprint density at radius 2 is 2.20 bits per heavy atom. The first kappa shape index (κ1) is 16.5. The molecular formula is C19H18N4O2. The highest BCUT2D eigenvalue weighted by Crippen LogP contribution is 2.29. The van der Waals surface area contributed by atoms with Gasteiger partial charge >= 0.3 is 0 Å². The van der Waals surface area contributed by atoms with Gasteiger partial charge in [-0.25, -0.2) is 4.98 Å². The second-order valence-electron chi connectivity index (χ2n) is 5.81. The molecule has 0 atom stereocenters. The molecule has 6 nitrogen and oxygen atoms in total. The van der Waals surface area contributed by atoms with Crippen LogP contribution in [0.5, 0.6) is 5.88 Å². The number of carbonyl (C=O) groups excluding carboxylic acids is 1. The van der Waals surface area contributed by atoms with E-state index in [9.17, 15) is 4.79 Å². The predicted molar refractivity (Wildman–Crippen MR) is 97.2 cm³/mol. The van der Waals surface area contributed by atoms with Crippen molar-refractivity contribution >= 4 is 22.5 Å². The molecule has 0 saturated heterocycles. The van der Waals surface area contributed by atoms with Crippen LogP contribution in [-0.4, -0.2) is 27.2 Å². The molecule has 6 heteroatoms. The number of benzene rings is 1. The van der Waals surface area contributed by atoms with E-state index in [4.69, 9.17) is 11.2 Å². The molecular weight excluding hydrogens is 316 g/mol. The molecule has 0 fully saturated rings. The first-order valence-corrected chi connectivity index (χ1v) is 7.91. The van der Waals surface area contributed by atoms with Crippen molar-refractivity contribution in [2.75, 3.05) is 5.32 Å². The number of hydrogen-bond donors (Lipinski definition) is 2. The third kappa shape index (κ3) is 3.78. The number of pyridine rings is 1. The van der Waals surface area contributed by atoms with Crippen LogP contribution in [-0.2, 0) is 4.79 Å². The smallest absolute Gasteiger partial charge is 0.236 e. The third-order valence-corrected chi connectivity index (χ3v) is 3.48. The number of rotatable bonds is 5. The van der Waals surface area contributed by atoms with Crippen LogP contribution in [0.25, 0.3) is 22.2 Å². The Balaban J connectivity index is 1.91. The molecule has 2 aromatic heterocycles. The van der Waals surface area contributed by atoms with Gasteiger partial charge in [0, 0.05) is 28.9 Å². The number of amides is 1. The number of terminal acetylenes is 1. The van der Waals surface area contributed by atoms with Gasteiger partial charge in [-0.3, -0.25) is 9.89 Å². The first-order chi connectivity index (χ1) is 12.1. The summed E-state index contributed by atoms with van der Waals surface area (Å²) in [5, 5.41) is 11.0. The van der Waals surface area contributed by atoms with Crippen molar-refractivity contribution in [3.63, 3.8) is 0 Å². The summed E-state index contributed by atoms with van der Waals surface area (Å²) in [5.41, 5.74) is 3.15. The Morgan fingerprint density at radius 3 is 2.88 bits per heavy atom. The van der Waals surface area contributed by atoms with Crippen LogP contribution in [0.4, 0.5) is 5.69 Å². The quantitative estimate of drug-likeness (QED) is 0.701. The van der Waals surface area contributed by atoms with Gasteiger partial charge in [0.05, 0.1) is 18.0 Å². The number of aromatic nitrogens is 3. The summed E-state index contributed by atoms with van der Waals surface area (Å²) >= 11 is 0. The third-order valence-electron chi connectivity index (χ3n) is 3.48. The molecule has 0 radical (unpaired) electrons. The minimum Gasteiger partial charge on any atom is -0.475 e. The molecule has 0 unspecified atom stereocenters. The van der Waals surface area contributed by atoms with Crippen molar-refractivity contribution in [2.24, 2.45) is 0 Å². The number of H-pyrrole nitrogens is 1. The fourth-order valence-electron chi connectivity index (χ4n) is 2.44. The average Bonchev–Trinajstić information content (AvgIpc) is 2.98. The summed E-state index contributed by atoms with van der Waals surface area (Å²) in [7, 11) is 0. The topological polar surface area (TPSA) is 79.9 Å². The van der Waals surface area contributed by atoms with E-state index < -0.39 is 0 Å². The van der Waals surface area contributed by atoms with E-state index in [1.54, 1.807) is 12.3 Å². The molecule has 3 aromatic rings. The van der Waals surface area contributed by atoms with E-state index in [-0.39, 0.29) is 18.4 Å². The van der Waals surface area contributed by atoms with Crippen molar-refractivity contribution in [1.29, 1.82) is 0 Å². The van der Waals surface area contributed by atoms with Crippen LogP contribution >= 0.6 is 0 Å². The fraction of sp³-hybridized carbons (Fsp3) is 0.211. The van der Waals surface area contributed by atoms with Crippen LogP contribution in [0, 0.1) is 12.3 Å². The number of carbonyl (C=O) groups is 1. The van der Waals surface area contributed by atoms with Crippen LogP contribution < -0.4 is 10.1 Å². The standard InChI is InChI=1S/C19H18N4O2/c1-4-5-17(24)21-14-7-8-16-15(10-14)19(23-22-16)13-6-9-18(20-11-13)25-12(2)3/h1,6-12H,5H2,2-3H3,(H,21,24)(H,22,23). The highest BCUT2D eigenvalue weighted by Gasteiger charge is 2.11. The van der Waals surface area contributed by atoms with Gasteiger partial charge in [0.2, 0.25) is 11.8 Å². The molecule has 25 heavy (non-hydrogen) atoms. The summed E-state index contributed by atoms with van der Waals surface area (Å²) in [6.45, 7) is 3.90. The molecule has 2 heterocycles. The summed E-state index contributed by atoms with van der Waals surface area (Å²) in [6, 6.07) is 9.25. The maximum Gasteiger partial charge on any atom is 0.236 e. The zero-order valence-electron chi connectivity index (χ0n) is 14.0. The molecule has 1 aromatic carbocycles. The molecule has 0 aliphatic heterocycles. The number of aromatic amines is 1. The van der Waals surface area contributed by atoms with Gasteiger partial charge < -0.3 is 10.1 Å². The lowest BCUT2D eigenvalue weighted by molar-refractivity contribution is -0.115. The van der Waals surface area contributed by atoms with E-state index >= 15 is 0 Å². The van der Waals surface area contributed by atoms with Crippen LogP contribution in [0.1, 0.15) is 20.3 Å². The first-order valence-electron chi connectivity index (χ1n) is 7.91. The summed E-state index contributed by atoms with van der Waals surface area (Å²) < 4.78 is 5.56. The van der Waals surface area contributed by atoms with Gasteiger partial charge in [-0.15, -0.1) is 6.42 Å². The van der Waals surface area contributed by atoms with Crippen LogP contribution in [0.2, 0.25) is 0 Å². The highest BCUT2D eigenvalue weighted by atomic mass is 16.5. The van der Waals surface area contributed by atoms with Crippen molar-refractivity contribution in [3.05, 3.63) is 36.5 Å². The minimum absolute atomic E-state index is 0.0392. The van der Waals surface area contributed by atoms with Crippen molar-refractivity contribution in [3.8, 4) is 29.5 Å². The van der Waals surface area contributed by atoms with Crippen molar-refractivity contribution in [1.82, 2.24) is 15.2 Å². The number of fused-ring (bicyclic) bond motifs is 1. The van der Waals surface area contributed by atoms with Gasteiger partial charge in [-0.2, -0.15) is 5.10 Å². The molecule has 0 aliphatic carbocycles. The predicted octanol–water partition coefficient (Wildman–Crippen LogP) is 3.37. The van der Waals surface area contributed by atoms with Crippen LogP contribution in [0.3, 0.4) is 0 Å². The molecule has 3 rings (SSSR count). The maximum atomic E-state index is 11.7. The lowest BCUT2D eigenvalue weighted by Crippen LogP contribution is -2.09. The lowest BCUT2D eigenvalue weighted by atomic mass is 10.1. The number of nitrogens with one attached hydrogen (secondary N) is 2. The Bertz CT molecular complexity index is 936. The van der Waals surface area contributed by atoms with E-state index in [1.165, 1.54) is 0 Å². The monoisotopic (exact) mass is 334 g/mol. The largest absolute Gasteiger partial charge is 0.475 e. The highest BCUT2D eigenvalue weighted by molar-refractivity contribution is 5.98. The normalized spacial score (nSPS) is 10.6. The lowest BCUT2D eigenvalue weighted by Gasteiger charge is -2.08. The van der Waals surface area contributed by atoms with E-state index in [1.807, 2.05) is 38.1 Å². The van der Waals surface area contributed by atoms with Crippen LogP contribution in [0.15, 0.2) is 36.5 Å². The van der Waals surface area contributed by atoms with Crippen molar-refractivity contribution < 1.29 is 9.53 Å². The van der Waals surface area contributed by atoms with E-state index in [2.05, 4.69) is 26.4 Å². The molecule has 1 amide bonds. The second-order valence-corrected chi connectivity index (χ2v) is 5.81. The maximum absolute atomic E-state index is 11.7. The molecule has 0 spiro atoms. The second kappa shape index (κ2) is 7.05. The Morgan fingerprint density at radius 1 is 1.36 bits per heavy atom. The Kier molecular flexibility index (Phi) is 4.66. The zero-order chi connectivity index (χ0) is 17.8. The molecule has 2 N–H and O–H groups in total. The zero-order valence-corrected chi connectivity index (χ0v) is 14.0. The minimum atomic E-state index is -0.219. The average molecular weight is 334 g/mol. The summed E-state index contributed by atoms with van der Waals surface area (Å²) in [4.78, 5) is 16.0.